The molecule has 0 spiro atoms. The van der Waals surface area contributed by atoms with Gasteiger partial charge < -0.3 is 14.6 Å². The Morgan fingerprint density at radius 2 is 2.00 bits per heavy atom. The number of carbonyl (C=O) groups is 1. The van der Waals surface area contributed by atoms with Crippen LogP contribution in [-0.2, 0) is 13.0 Å². The molecule has 4 nitrogen and oxygen atoms in total. The van der Waals surface area contributed by atoms with E-state index in [0.29, 0.717) is 24.2 Å². The van der Waals surface area contributed by atoms with Crippen LogP contribution >= 0.6 is 0 Å². The number of fused-ring (bicyclic) bond motifs is 1. The Balaban J connectivity index is 1.49. The van der Waals surface area contributed by atoms with E-state index in [-0.39, 0.29) is 5.91 Å². The first kappa shape index (κ1) is 16.2. The summed E-state index contributed by atoms with van der Waals surface area (Å²) >= 11 is 0. The van der Waals surface area contributed by atoms with Crippen molar-refractivity contribution in [1.82, 2.24) is 5.32 Å². The third kappa shape index (κ3) is 3.30. The minimum absolute atomic E-state index is 0.00999. The molecule has 1 saturated carbocycles. The van der Waals surface area contributed by atoms with Crippen molar-refractivity contribution < 1.29 is 9.21 Å². The van der Waals surface area contributed by atoms with Gasteiger partial charge in [-0.3, -0.25) is 4.79 Å². The van der Waals surface area contributed by atoms with Crippen molar-refractivity contribution in [2.45, 2.75) is 64.1 Å². The normalized spacial score (nSPS) is 20.5. The highest BCUT2D eigenvalue weighted by atomic mass is 16.3. The van der Waals surface area contributed by atoms with Crippen molar-refractivity contribution in [3.05, 3.63) is 53.5 Å². The van der Waals surface area contributed by atoms with Gasteiger partial charge in [0.1, 0.15) is 5.76 Å². The second-order valence-electron chi connectivity index (χ2n) is 7.38. The van der Waals surface area contributed by atoms with Gasteiger partial charge in [-0.2, -0.15) is 0 Å². The fourth-order valence-electron chi connectivity index (χ4n) is 4.20. The number of carbonyl (C=O) groups excluding carboxylic acids is 1. The van der Waals surface area contributed by atoms with Gasteiger partial charge in [-0.15, -0.1) is 0 Å². The van der Waals surface area contributed by atoms with Crippen LogP contribution in [0.3, 0.4) is 0 Å². The Hall–Kier alpha value is -2.23. The largest absolute Gasteiger partial charge is 0.467 e. The number of rotatable bonds is 4. The molecule has 1 aliphatic heterocycles. The summed E-state index contributed by atoms with van der Waals surface area (Å²) in [6.45, 7) is 2.86. The molecule has 1 amide bonds. The number of furan rings is 1. The summed E-state index contributed by atoms with van der Waals surface area (Å²) in [7, 11) is 0. The molecule has 4 heteroatoms. The number of benzene rings is 1. The summed E-state index contributed by atoms with van der Waals surface area (Å²) in [4.78, 5) is 15.0. The lowest BCUT2D eigenvalue weighted by atomic mass is 9.95. The van der Waals surface area contributed by atoms with E-state index < -0.39 is 0 Å². The smallest absolute Gasteiger partial charge is 0.255 e. The SMILES string of the molecule is CC1Cc2ccccc2N1Cc1occc1C(=O)NC1CCCCC1. The lowest BCUT2D eigenvalue weighted by Crippen LogP contribution is -2.37. The number of amides is 1. The van der Waals surface area contributed by atoms with E-state index in [9.17, 15) is 4.79 Å². The molecule has 25 heavy (non-hydrogen) atoms. The highest BCUT2D eigenvalue weighted by Gasteiger charge is 2.28. The molecule has 4 rings (SSSR count). The molecular formula is C21H26N2O2. The van der Waals surface area contributed by atoms with Gasteiger partial charge in [0, 0.05) is 17.8 Å². The minimum Gasteiger partial charge on any atom is -0.467 e. The quantitative estimate of drug-likeness (QED) is 0.904. The van der Waals surface area contributed by atoms with Crippen molar-refractivity contribution in [1.29, 1.82) is 0 Å². The summed E-state index contributed by atoms with van der Waals surface area (Å²) < 4.78 is 5.70. The van der Waals surface area contributed by atoms with Gasteiger partial charge >= 0.3 is 0 Å². The Kier molecular flexibility index (Phi) is 4.51. The third-order valence-electron chi connectivity index (χ3n) is 5.59. The van der Waals surface area contributed by atoms with Gasteiger partial charge in [0.05, 0.1) is 18.4 Å². The average Bonchev–Trinajstić information content (AvgIpc) is 3.21. The highest BCUT2D eigenvalue weighted by Crippen LogP contribution is 2.33. The number of nitrogens with zero attached hydrogens (tertiary/aromatic N) is 1. The van der Waals surface area contributed by atoms with Gasteiger partial charge in [-0.05, 0) is 43.9 Å². The first-order valence-electron chi connectivity index (χ1n) is 9.44. The molecule has 0 saturated heterocycles. The van der Waals surface area contributed by atoms with Gasteiger partial charge in [0.2, 0.25) is 0 Å². The summed E-state index contributed by atoms with van der Waals surface area (Å²) in [5.41, 5.74) is 3.31. The maximum Gasteiger partial charge on any atom is 0.255 e. The topological polar surface area (TPSA) is 45.5 Å². The Morgan fingerprint density at radius 1 is 1.20 bits per heavy atom. The molecule has 1 aliphatic carbocycles. The van der Waals surface area contributed by atoms with E-state index in [1.165, 1.54) is 30.5 Å². The third-order valence-corrected chi connectivity index (χ3v) is 5.59. The number of anilines is 1. The molecule has 1 atom stereocenters. The molecule has 0 bridgehead atoms. The van der Waals surface area contributed by atoms with E-state index in [4.69, 9.17) is 4.42 Å². The van der Waals surface area contributed by atoms with Gasteiger partial charge in [0.15, 0.2) is 0 Å². The zero-order valence-electron chi connectivity index (χ0n) is 14.8. The molecule has 2 aliphatic rings. The highest BCUT2D eigenvalue weighted by molar-refractivity contribution is 5.95. The second kappa shape index (κ2) is 6.95. The Bertz CT molecular complexity index is 746. The van der Waals surface area contributed by atoms with Crippen LogP contribution in [0.5, 0.6) is 0 Å². The molecule has 2 heterocycles. The number of nitrogens with one attached hydrogen (secondary N) is 1. The van der Waals surface area contributed by atoms with E-state index in [1.54, 1.807) is 12.3 Å². The molecule has 1 aromatic carbocycles. The van der Waals surface area contributed by atoms with Crippen molar-refractivity contribution >= 4 is 11.6 Å². The van der Waals surface area contributed by atoms with E-state index >= 15 is 0 Å². The van der Waals surface area contributed by atoms with Gasteiger partial charge in [-0.25, -0.2) is 0 Å². The lowest BCUT2D eigenvalue weighted by molar-refractivity contribution is 0.0925. The average molecular weight is 338 g/mol. The molecule has 2 aromatic rings. The standard InChI is InChI=1S/C21H26N2O2/c1-15-13-16-7-5-6-10-19(16)23(15)14-20-18(11-12-25-20)21(24)22-17-8-3-2-4-9-17/h5-7,10-12,15,17H,2-4,8-9,13-14H2,1H3,(H,22,24). The second-order valence-corrected chi connectivity index (χ2v) is 7.38. The first-order chi connectivity index (χ1) is 12.2. The molecule has 1 unspecified atom stereocenters. The molecule has 1 fully saturated rings. The van der Waals surface area contributed by atoms with Gasteiger partial charge in [-0.1, -0.05) is 37.5 Å². The summed E-state index contributed by atoms with van der Waals surface area (Å²) in [5.74, 6) is 0.771. The zero-order chi connectivity index (χ0) is 17.2. The monoisotopic (exact) mass is 338 g/mol. The maximum absolute atomic E-state index is 12.7. The van der Waals surface area contributed by atoms with Crippen LogP contribution in [0.25, 0.3) is 0 Å². The number of para-hydroxylation sites is 1. The predicted octanol–water partition coefficient (Wildman–Crippen LogP) is 4.29. The van der Waals surface area contributed by atoms with E-state index in [2.05, 4.69) is 41.4 Å². The lowest BCUT2D eigenvalue weighted by Gasteiger charge is -2.25. The van der Waals surface area contributed by atoms with E-state index in [0.717, 1.165) is 25.0 Å². The molecule has 132 valence electrons. The molecular weight excluding hydrogens is 312 g/mol. The fraction of sp³-hybridized carbons (Fsp3) is 0.476. The molecule has 1 N–H and O–H groups in total. The maximum atomic E-state index is 12.7. The van der Waals surface area contributed by atoms with Crippen molar-refractivity contribution in [3.63, 3.8) is 0 Å². The Labute approximate surface area is 149 Å². The van der Waals surface area contributed by atoms with Crippen LogP contribution in [0.2, 0.25) is 0 Å². The van der Waals surface area contributed by atoms with Crippen molar-refractivity contribution in [3.8, 4) is 0 Å². The zero-order valence-corrected chi connectivity index (χ0v) is 14.8. The molecule has 0 radical (unpaired) electrons. The van der Waals surface area contributed by atoms with E-state index in [1.807, 2.05) is 0 Å². The number of hydrogen-bond donors (Lipinski definition) is 1. The first-order valence-corrected chi connectivity index (χ1v) is 9.44. The summed E-state index contributed by atoms with van der Waals surface area (Å²) in [6, 6.07) is 11.0. The summed E-state index contributed by atoms with van der Waals surface area (Å²) in [6.07, 6.45) is 8.58. The molecule has 1 aromatic heterocycles. The van der Waals surface area contributed by atoms with Crippen LogP contribution in [0.15, 0.2) is 41.0 Å². The van der Waals surface area contributed by atoms with Crippen LogP contribution in [0, 0.1) is 0 Å². The Morgan fingerprint density at radius 3 is 2.84 bits per heavy atom. The van der Waals surface area contributed by atoms with Crippen LogP contribution < -0.4 is 10.2 Å². The van der Waals surface area contributed by atoms with Crippen molar-refractivity contribution in [2.24, 2.45) is 0 Å². The predicted molar refractivity (Wildman–Crippen MR) is 98.8 cm³/mol. The fourth-order valence-corrected chi connectivity index (χ4v) is 4.20. The van der Waals surface area contributed by atoms with Crippen molar-refractivity contribution in [2.75, 3.05) is 4.90 Å². The van der Waals surface area contributed by atoms with Crippen LogP contribution in [0.1, 0.15) is 60.7 Å². The van der Waals surface area contributed by atoms with Crippen LogP contribution in [0.4, 0.5) is 5.69 Å². The minimum atomic E-state index is 0.00999. The summed E-state index contributed by atoms with van der Waals surface area (Å²) in [5, 5.41) is 3.20. The van der Waals surface area contributed by atoms with Crippen LogP contribution in [-0.4, -0.2) is 18.0 Å². The van der Waals surface area contributed by atoms with Gasteiger partial charge in [0.25, 0.3) is 5.91 Å². The number of hydrogen-bond acceptors (Lipinski definition) is 3.